The highest BCUT2D eigenvalue weighted by atomic mass is 19.4. The van der Waals surface area contributed by atoms with Gasteiger partial charge >= 0.3 is 6.18 Å². The zero-order valence-corrected chi connectivity index (χ0v) is 28.2. The summed E-state index contributed by atoms with van der Waals surface area (Å²) >= 11 is 0. The number of allylic oxidation sites excluding steroid dienone is 5. The number of hydrogen-bond donors (Lipinski definition) is 1. The van der Waals surface area contributed by atoms with Gasteiger partial charge in [0.1, 0.15) is 12.3 Å². The van der Waals surface area contributed by atoms with E-state index >= 15 is 0 Å². The average Bonchev–Trinajstić information content (AvgIpc) is 3.33. The summed E-state index contributed by atoms with van der Waals surface area (Å²) in [6.45, 7) is 16.7. The van der Waals surface area contributed by atoms with E-state index in [1.165, 1.54) is 12.1 Å². The Balaban J connectivity index is 1.62. The maximum atomic E-state index is 14.2. The quantitative estimate of drug-likeness (QED) is 0.127. The van der Waals surface area contributed by atoms with Crippen LogP contribution in [0.15, 0.2) is 71.2 Å². The van der Waals surface area contributed by atoms with Gasteiger partial charge in [-0.25, -0.2) is 0 Å². The number of rotatable bonds is 9. The molecule has 2 heterocycles. The van der Waals surface area contributed by atoms with Crippen molar-refractivity contribution >= 4 is 28.6 Å². The van der Waals surface area contributed by atoms with Crippen LogP contribution >= 0.6 is 0 Å². The van der Waals surface area contributed by atoms with Crippen LogP contribution in [0.1, 0.15) is 84.9 Å². The topological polar surface area (TPSA) is 86.7 Å². The standard InChI is InChI=1S/C37H42F3N3O4/c1-21(2)14-16-41-28-13-12-23(43(46)47)18-27(28)35(5,6)30(41)19-24-33(44)25(34(24)45)20-31-36(7,8)32-26(37(38,39)40)10-9-11-29(32)42(31)17-15-22(3)4/h9-13,18-22H,14-17H2,1-8H3/p+1. The van der Waals surface area contributed by atoms with Gasteiger partial charge in [-0.2, -0.15) is 17.7 Å². The summed E-state index contributed by atoms with van der Waals surface area (Å²) in [6, 6.07) is 8.96. The van der Waals surface area contributed by atoms with Crippen molar-refractivity contribution in [2.45, 2.75) is 85.2 Å². The van der Waals surface area contributed by atoms with Gasteiger partial charge in [-0.3, -0.25) is 14.9 Å². The van der Waals surface area contributed by atoms with Crippen LogP contribution in [0.4, 0.5) is 30.2 Å². The second-order valence-corrected chi connectivity index (χ2v) is 14.6. The minimum Gasteiger partial charge on any atom is -0.506 e. The molecular formula is C37H43F3N3O4+. The third-order valence-electron chi connectivity index (χ3n) is 9.70. The molecule has 2 aromatic carbocycles. The Morgan fingerprint density at radius 2 is 1.66 bits per heavy atom. The predicted octanol–water partition coefficient (Wildman–Crippen LogP) is 9.08. The molecular weight excluding hydrogens is 607 g/mol. The summed E-state index contributed by atoms with van der Waals surface area (Å²) < 4.78 is 44.5. The van der Waals surface area contributed by atoms with Crippen molar-refractivity contribution in [1.29, 1.82) is 0 Å². The lowest BCUT2D eigenvalue weighted by Crippen LogP contribution is -2.33. The number of halogens is 3. The van der Waals surface area contributed by atoms with Crippen molar-refractivity contribution in [3.63, 3.8) is 0 Å². The number of carbonyl (C=O) groups is 1. The van der Waals surface area contributed by atoms with Crippen molar-refractivity contribution in [2.24, 2.45) is 11.8 Å². The number of aliphatic hydroxyl groups excluding tert-OH is 1. The van der Waals surface area contributed by atoms with Gasteiger partial charge in [0, 0.05) is 54.0 Å². The molecule has 0 fully saturated rings. The molecule has 250 valence electrons. The Morgan fingerprint density at radius 3 is 2.23 bits per heavy atom. The van der Waals surface area contributed by atoms with Gasteiger partial charge < -0.3 is 10.0 Å². The molecule has 2 aromatic rings. The first-order chi connectivity index (χ1) is 21.8. The first-order valence-corrected chi connectivity index (χ1v) is 16.1. The summed E-state index contributed by atoms with van der Waals surface area (Å²) in [5, 5.41) is 23.0. The molecule has 0 saturated heterocycles. The van der Waals surface area contributed by atoms with Gasteiger partial charge in [0.15, 0.2) is 5.71 Å². The molecule has 0 bridgehead atoms. The number of carbonyl (C=O) groups excluding carboxylic acids is 1. The number of fused-ring (bicyclic) bond motifs is 2. The van der Waals surface area contributed by atoms with E-state index in [-0.39, 0.29) is 34.1 Å². The number of anilines is 1. The summed E-state index contributed by atoms with van der Waals surface area (Å²) in [7, 11) is 0. The lowest BCUT2D eigenvalue weighted by atomic mass is 9.76. The Labute approximate surface area is 273 Å². The number of alkyl halides is 3. The Hall–Kier alpha value is -4.21. The highest BCUT2D eigenvalue weighted by molar-refractivity contribution is 6.24. The van der Waals surface area contributed by atoms with Crippen LogP contribution in [0.25, 0.3) is 0 Å². The normalized spacial score (nSPS) is 20.2. The SMILES string of the molecule is CC(C)CCN1/C(=C/C2=C(O)C(=C\C3=[N+](CCC(C)C)c4cccc(C(F)(F)F)c4C3(C)C)/C2=O)C(C)(C)c2cc([N+](=O)[O-])ccc21. The Bertz CT molecular complexity index is 1790. The minimum absolute atomic E-state index is 0.0261. The number of Topliss-reactive ketones (excluding diaryl/α,β-unsaturated/α-hetero) is 1. The van der Waals surface area contributed by atoms with E-state index in [9.17, 15) is 33.2 Å². The molecule has 7 nitrogen and oxygen atoms in total. The van der Waals surface area contributed by atoms with E-state index < -0.39 is 33.3 Å². The van der Waals surface area contributed by atoms with Gasteiger partial charge in [0.25, 0.3) is 5.69 Å². The number of aliphatic hydroxyl groups is 1. The van der Waals surface area contributed by atoms with Crippen molar-refractivity contribution in [3.8, 4) is 0 Å². The predicted molar refractivity (Wildman–Crippen MR) is 177 cm³/mol. The molecule has 0 radical (unpaired) electrons. The zero-order chi connectivity index (χ0) is 34.8. The number of benzene rings is 2. The number of nitro benzene ring substituents is 1. The fourth-order valence-electron chi connectivity index (χ4n) is 6.99. The molecule has 0 atom stereocenters. The van der Waals surface area contributed by atoms with Crippen molar-refractivity contribution in [1.82, 2.24) is 0 Å². The van der Waals surface area contributed by atoms with Crippen molar-refractivity contribution in [3.05, 3.63) is 98.0 Å². The lowest BCUT2D eigenvalue weighted by Gasteiger charge is -2.29. The highest BCUT2D eigenvalue weighted by Gasteiger charge is 2.52. The highest BCUT2D eigenvalue weighted by Crippen LogP contribution is 2.51. The van der Waals surface area contributed by atoms with Crippen LogP contribution in [0.5, 0.6) is 0 Å². The summed E-state index contributed by atoms with van der Waals surface area (Å²) in [5.41, 5.74) is 1.04. The molecule has 0 aromatic heterocycles. The molecule has 1 N–H and O–H groups in total. The van der Waals surface area contributed by atoms with Gasteiger partial charge in [-0.05, 0) is 55.9 Å². The largest absolute Gasteiger partial charge is 0.506 e. The van der Waals surface area contributed by atoms with Gasteiger partial charge in [-0.1, -0.05) is 47.6 Å². The van der Waals surface area contributed by atoms with Crippen LogP contribution in [-0.2, 0) is 21.8 Å². The van der Waals surface area contributed by atoms with Gasteiger partial charge in [-0.15, -0.1) is 0 Å². The van der Waals surface area contributed by atoms with E-state index in [1.54, 1.807) is 44.2 Å². The number of hydrogen-bond acceptors (Lipinski definition) is 5. The van der Waals surface area contributed by atoms with Gasteiger partial charge in [0.05, 0.1) is 32.6 Å². The monoisotopic (exact) mass is 650 g/mol. The second-order valence-electron chi connectivity index (χ2n) is 14.6. The molecule has 0 amide bonds. The van der Waals surface area contributed by atoms with E-state index in [4.69, 9.17) is 0 Å². The molecule has 5 rings (SSSR count). The lowest BCUT2D eigenvalue weighted by molar-refractivity contribution is -0.439. The van der Waals surface area contributed by atoms with Gasteiger partial charge in [0.2, 0.25) is 11.5 Å². The van der Waals surface area contributed by atoms with E-state index in [1.807, 2.05) is 32.3 Å². The fourth-order valence-corrected chi connectivity index (χ4v) is 6.99. The minimum atomic E-state index is -4.56. The summed E-state index contributed by atoms with van der Waals surface area (Å²) in [5.74, 6) is 0.0397. The molecule has 2 aliphatic heterocycles. The number of nitro groups is 1. The zero-order valence-electron chi connectivity index (χ0n) is 28.2. The molecule has 10 heteroatoms. The van der Waals surface area contributed by atoms with Crippen LogP contribution in [0.3, 0.4) is 0 Å². The van der Waals surface area contributed by atoms with E-state index in [0.717, 1.165) is 29.4 Å². The first kappa shape index (κ1) is 34.1. The van der Waals surface area contributed by atoms with E-state index in [2.05, 4.69) is 18.7 Å². The number of non-ortho nitro benzene ring substituents is 1. The van der Waals surface area contributed by atoms with Crippen LogP contribution < -0.4 is 4.90 Å². The first-order valence-electron chi connectivity index (χ1n) is 16.1. The van der Waals surface area contributed by atoms with Crippen molar-refractivity contribution < 1.29 is 32.6 Å². The van der Waals surface area contributed by atoms with E-state index in [0.29, 0.717) is 36.8 Å². The number of nitrogens with zero attached hydrogens (tertiary/aromatic N) is 3. The molecule has 0 saturated carbocycles. The Morgan fingerprint density at radius 1 is 1.00 bits per heavy atom. The fraction of sp³-hybridized carbons (Fsp3) is 0.459. The molecule has 0 spiro atoms. The van der Waals surface area contributed by atoms with Crippen LogP contribution in [0, 0.1) is 22.0 Å². The van der Waals surface area contributed by atoms with Crippen molar-refractivity contribution in [2.75, 3.05) is 18.0 Å². The molecule has 1 aliphatic carbocycles. The third-order valence-corrected chi connectivity index (χ3v) is 9.70. The number of ketones is 1. The maximum absolute atomic E-state index is 14.2. The summed E-state index contributed by atoms with van der Waals surface area (Å²) in [4.78, 5) is 27.0. The smallest absolute Gasteiger partial charge is 0.416 e. The molecule has 0 unspecified atom stereocenters. The molecule has 47 heavy (non-hydrogen) atoms. The molecule has 3 aliphatic rings. The summed E-state index contributed by atoms with van der Waals surface area (Å²) in [6.07, 6.45) is 0.197. The Kier molecular flexibility index (Phi) is 8.56. The van der Waals surface area contributed by atoms with Crippen LogP contribution in [0.2, 0.25) is 0 Å². The second kappa shape index (κ2) is 11.8. The third kappa shape index (κ3) is 5.80. The van der Waals surface area contributed by atoms with Crippen LogP contribution in [-0.4, -0.2) is 39.2 Å². The average molecular weight is 651 g/mol. The maximum Gasteiger partial charge on any atom is 0.416 e.